The van der Waals surface area contributed by atoms with Gasteiger partial charge in [0.05, 0.1) is 24.2 Å². The topological polar surface area (TPSA) is 68.0 Å². The lowest BCUT2D eigenvalue weighted by molar-refractivity contribution is -0.121. The number of nitrogens with zero attached hydrogens (tertiary/aromatic N) is 3. The van der Waals surface area contributed by atoms with Gasteiger partial charge in [0.25, 0.3) is 5.56 Å². The van der Waals surface area contributed by atoms with Gasteiger partial charge in [-0.3, -0.25) is 19.1 Å². The first-order valence-corrected chi connectivity index (χ1v) is 9.39. The summed E-state index contributed by atoms with van der Waals surface area (Å²) in [5.74, 6) is -0.139. The lowest BCUT2D eigenvalue weighted by atomic mass is 10.2. The Morgan fingerprint density at radius 2 is 1.78 bits per heavy atom. The number of para-hydroxylation sites is 2. The Hall–Kier alpha value is -2.64. The summed E-state index contributed by atoms with van der Waals surface area (Å²) in [4.78, 5) is 27.6. The van der Waals surface area contributed by atoms with Gasteiger partial charge in [-0.25, -0.2) is 0 Å². The number of aromatic nitrogens is 2. The normalized spacial score (nSPS) is 15.4. The van der Waals surface area contributed by atoms with Gasteiger partial charge in [-0.1, -0.05) is 12.1 Å². The van der Waals surface area contributed by atoms with Gasteiger partial charge >= 0.3 is 0 Å². The third-order valence-electron chi connectivity index (χ3n) is 5.02. The third-order valence-corrected chi connectivity index (χ3v) is 5.02. The number of hydrogen-bond acceptors (Lipinski definition) is 4. The molecule has 1 amide bonds. The van der Waals surface area contributed by atoms with Gasteiger partial charge in [0.1, 0.15) is 12.1 Å². The molecule has 0 spiro atoms. The van der Waals surface area contributed by atoms with Gasteiger partial charge < -0.3 is 14.5 Å². The van der Waals surface area contributed by atoms with Gasteiger partial charge in [0.2, 0.25) is 5.91 Å². The zero-order valence-electron chi connectivity index (χ0n) is 15.3. The molecule has 0 aliphatic carbocycles. The summed E-state index contributed by atoms with van der Waals surface area (Å²) in [6.45, 7) is 5.05. The predicted octanol–water partition coefficient (Wildman–Crippen LogP) is 1.09. The molecule has 1 aromatic carbocycles. The van der Waals surface area contributed by atoms with Crippen molar-refractivity contribution in [2.24, 2.45) is 0 Å². The van der Waals surface area contributed by atoms with Crippen molar-refractivity contribution in [3.63, 3.8) is 0 Å². The lowest BCUT2D eigenvalue weighted by Crippen LogP contribution is -2.38. The Kier molecular flexibility index (Phi) is 5.22. The number of fused-ring (bicyclic) bond motifs is 3. The third kappa shape index (κ3) is 3.74. The van der Waals surface area contributed by atoms with Crippen molar-refractivity contribution in [1.29, 1.82) is 0 Å². The van der Waals surface area contributed by atoms with E-state index in [1.165, 1.54) is 0 Å². The molecule has 142 valence electrons. The van der Waals surface area contributed by atoms with Crippen molar-refractivity contribution in [2.75, 3.05) is 39.4 Å². The molecule has 0 atom stereocenters. The van der Waals surface area contributed by atoms with Crippen LogP contribution >= 0.6 is 0 Å². The van der Waals surface area contributed by atoms with Crippen LogP contribution in [0.25, 0.3) is 16.6 Å². The highest BCUT2D eigenvalue weighted by Crippen LogP contribution is 2.14. The molecule has 3 aromatic rings. The van der Waals surface area contributed by atoms with Crippen molar-refractivity contribution in [3.05, 3.63) is 52.9 Å². The molecule has 0 radical (unpaired) electrons. The van der Waals surface area contributed by atoms with Crippen LogP contribution in [0.1, 0.15) is 6.42 Å². The van der Waals surface area contributed by atoms with E-state index in [9.17, 15) is 9.59 Å². The number of benzene rings is 1. The van der Waals surface area contributed by atoms with E-state index in [0.29, 0.717) is 12.1 Å². The van der Waals surface area contributed by atoms with Gasteiger partial charge in [0.15, 0.2) is 0 Å². The highest BCUT2D eigenvalue weighted by atomic mass is 16.5. The molecule has 1 N–H and O–H groups in total. The molecule has 1 saturated heterocycles. The van der Waals surface area contributed by atoms with Crippen LogP contribution in [0.2, 0.25) is 0 Å². The molecule has 3 heterocycles. The summed E-state index contributed by atoms with van der Waals surface area (Å²) < 4.78 is 8.76. The number of amides is 1. The van der Waals surface area contributed by atoms with Gasteiger partial charge in [-0.15, -0.1) is 0 Å². The maximum absolute atomic E-state index is 12.8. The SMILES string of the molecule is O=C(Cn1c(=O)c2cccn2c2ccccc21)NCCCN1CCOCC1. The molecule has 7 nitrogen and oxygen atoms in total. The lowest BCUT2D eigenvalue weighted by Gasteiger charge is -2.26. The van der Waals surface area contributed by atoms with Crippen LogP contribution < -0.4 is 10.9 Å². The maximum Gasteiger partial charge on any atom is 0.275 e. The number of carbonyl (C=O) groups excluding carboxylic acids is 1. The fourth-order valence-electron chi connectivity index (χ4n) is 3.62. The van der Waals surface area contributed by atoms with Crippen molar-refractivity contribution >= 4 is 22.5 Å². The average Bonchev–Trinajstić information content (AvgIpc) is 3.20. The monoisotopic (exact) mass is 368 g/mol. The van der Waals surface area contributed by atoms with Gasteiger partial charge in [0, 0.05) is 25.8 Å². The number of ether oxygens (including phenoxy) is 1. The van der Waals surface area contributed by atoms with Crippen LogP contribution in [0.3, 0.4) is 0 Å². The van der Waals surface area contributed by atoms with E-state index in [1.54, 1.807) is 10.6 Å². The first kappa shape index (κ1) is 17.8. The molecule has 1 aliphatic heterocycles. The van der Waals surface area contributed by atoms with E-state index < -0.39 is 0 Å². The van der Waals surface area contributed by atoms with Crippen molar-refractivity contribution < 1.29 is 9.53 Å². The molecule has 4 rings (SSSR count). The minimum atomic E-state index is -0.151. The Balaban J connectivity index is 1.43. The molecule has 0 saturated carbocycles. The Morgan fingerprint density at radius 3 is 2.59 bits per heavy atom. The second-order valence-electron chi connectivity index (χ2n) is 6.80. The Morgan fingerprint density at radius 1 is 1.04 bits per heavy atom. The molecular weight excluding hydrogens is 344 g/mol. The summed E-state index contributed by atoms with van der Waals surface area (Å²) in [6.07, 6.45) is 2.76. The van der Waals surface area contributed by atoms with Gasteiger partial charge in [-0.2, -0.15) is 0 Å². The summed E-state index contributed by atoms with van der Waals surface area (Å²) in [6, 6.07) is 11.3. The van der Waals surface area contributed by atoms with Crippen LogP contribution in [0.15, 0.2) is 47.4 Å². The highest BCUT2D eigenvalue weighted by molar-refractivity contribution is 5.82. The summed E-state index contributed by atoms with van der Waals surface area (Å²) in [7, 11) is 0. The van der Waals surface area contributed by atoms with Gasteiger partial charge in [-0.05, 0) is 37.2 Å². The zero-order valence-corrected chi connectivity index (χ0v) is 15.3. The smallest absolute Gasteiger partial charge is 0.275 e. The van der Waals surface area contributed by atoms with E-state index in [2.05, 4.69) is 10.2 Å². The summed E-state index contributed by atoms with van der Waals surface area (Å²) >= 11 is 0. The maximum atomic E-state index is 12.8. The minimum Gasteiger partial charge on any atom is -0.379 e. The Bertz CT molecular complexity index is 1000. The number of nitrogens with one attached hydrogen (secondary N) is 1. The molecule has 27 heavy (non-hydrogen) atoms. The van der Waals surface area contributed by atoms with Crippen molar-refractivity contribution in [3.8, 4) is 0 Å². The highest BCUT2D eigenvalue weighted by Gasteiger charge is 2.13. The van der Waals surface area contributed by atoms with E-state index in [4.69, 9.17) is 4.74 Å². The van der Waals surface area contributed by atoms with E-state index in [-0.39, 0.29) is 18.0 Å². The number of hydrogen-bond donors (Lipinski definition) is 1. The largest absolute Gasteiger partial charge is 0.379 e. The predicted molar refractivity (Wildman–Crippen MR) is 104 cm³/mol. The fraction of sp³-hybridized carbons (Fsp3) is 0.400. The first-order chi connectivity index (χ1) is 13.2. The second-order valence-corrected chi connectivity index (χ2v) is 6.80. The van der Waals surface area contributed by atoms with E-state index >= 15 is 0 Å². The quantitative estimate of drug-likeness (QED) is 0.662. The molecule has 2 aromatic heterocycles. The van der Waals surface area contributed by atoms with Crippen molar-refractivity contribution in [2.45, 2.75) is 13.0 Å². The fourth-order valence-corrected chi connectivity index (χ4v) is 3.62. The standard InChI is InChI=1S/C20H24N4O3/c25-19(21-8-4-9-22-11-13-27-14-12-22)15-24-17-6-2-1-5-16(17)23-10-3-7-18(23)20(24)26/h1-3,5-7,10H,4,8-9,11-15H2,(H,21,25). The van der Waals surface area contributed by atoms with Crippen molar-refractivity contribution in [1.82, 2.24) is 19.2 Å². The molecule has 0 unspecified atom stereocenters. The van der Waals surface area contributed by atoms with E-state index in [1.807, 2.05) is 40.9 Å². The molecule has 1 aliphatic rings. The minimum absolute atomic E-state index is 0.0264. The summed E-state index contributed by atoms with van der Waals surface area (Å²) in [5, 5.41) is 2.94. The number of morpholine rings is 1. The van der Waals surface area contributed by atoms with Crippen LogP contribution in [0.5, 0.6) is 0 Å². The van der Waals surface area contributed by atoms with Crippen LogP contribution in [-0.4, -0.2) is 59.2 Å². The van der Waals surface area contributed by atoms with Crippen LogP contribution in [0.4, 0.5) is 0 Å². The van der Waals surface area contributed by atoms with Crippen LogP contribution in [-0.2, 0) is 16.1 Å². The zero-order chi connectivity index (χ0) is 18.6. The average molecular weight is 368 g/mol. The molecular formula is C20H24N4O3. The molecule has 1 fully saturated rings. The first-order valence-electron chi connectivity index (χ1n) is 9.39. The van der Waals surface area contributed by atoms with E-state index in [0.717, 1.165) is 50.3 Å². The summed E-state index contributed by atoms with van der Waals surface area (Å²) in [5.41, 5.74) is 2.10. The second kappa shape index (κ2) is 7.94. The molecule has 0 bridgehead atoms. The molecule has 7 heteroatoms. The Labute approximate surface area is 157 Å². The van der Waals surface area contributed by atoms with Crippen LogP contribution in [0, 0.1) is 0 Å². The number of rotatable bonds is 6. The number of carbonyl (C=O) groups is 1.